The summed E-state index contributed by atoms with van der Waals surface area (Å²) in [5.41, 5.74) is 8.94. The predicted octanol–water partition coefficient (Wildman–Crippen LogP) is 3.72. The Morgan fingerprint density at radius 1 is 0.658 bits per heavy atom. The van der Waals surface area contributed by atoms with E-state index in [1.54, 1.807) is 0 Å². The predicted molar refractivity (Wildman–Crippen MR) is 135 cm³/mol. The number of halogens is 2. The van der Waals surface area contributed by atoms with Crippen molar-refractivity contribution in [2.24, 2.45) is 22.3 Å². The van der Waals surface area contributed by atoms with Gasteiger partial charge in [0.25, 0.3) is 0 Å². The monoisotopic (exact) mass is 532 g/mol. The van der Waals surface area contributed by atoms with Crippen LogP contribution in [0.5, 0.6) is 0 Å². The maximum atomic E-state index is 13.6. The Balaban J connectivity index is 2.41. The SMILES string of the molecule is CC(C)(C(=O)CCN)C(OC(=O)C(=O)OC(c1ccc(F)cc1)C(C)(C)C(=O)CCN)c1ccc(F)cc1. The van der Waals surface area contributed by atoms with Crippen LogP contribution in [0.3, 0.4) is 0 Å². The zero-order valence-corrected chi connectivity index (χ0v) is 22.0. The first-order chi connectivity index (χ1) is 17.7. The molecule has 0 aliphatic rings. The molecule has 0 radical (unpaired) electrons. The summed E-state index contributed by atoms with van der Waals surface area (Å²) in [6.45, 7) is 6.20. The summed E-state index contributed by atoms with van der Waals surface area (Å²) >= 11 is 0. The number of Topliss-reactive ketones (excluding diaryl/α,β-unsaturated/α-hetero) is 2. The van der Waals surface area contributed by atoms with E-state index < -0.39 is 46.6 Å². The molecule has 10 heteroatoms. The third-order valence-corrected chi connectivity index (χ3v) is 6.45. The van der Waals surface area contributed by atoms with Crippen molar-refractivity contribution < 1.29 is 37.4 Å². The van der Waals surface area contributed by atoms with Gasteiger partial charge in [0.05, 0.1) is 10.8 Å². The Hall–Kier alpha value is -3.50. The van der Waals surface area contributed by atoms with Crippen LogP contribution in [0.25, 0.3) is 0 Å². The van der Waals surface area contributed by atoms with Gasteiger partial charge in [0.2, 0.25) is 0 Å². The smallest absolute Gasteiger partial charge is 0.418 e. The van der Waals surface area contributed by atoms with E-state index >= 15 is 0 Å². The highest BCUT2D eigenvalue weighted by Gasteiger charge is 2.44. The molecule has 0 spiro atoms. The number of ether oxygens (including phenoxy) is 2. The first-order valence-corrected chi connectivity index (χ1v) is 12.1. The first kappa shape index (κ1) is 30.7. The van der Waals surface area contributed by atoms with E-state index in [9.17, 15) is 28.0 Å². The van der Waals surface area contributed by atoms with Crippen LogP contribution in [0.4, 0.5) is 8.78 Å². The van der Waals surface area contributed by atoms with Crippen molar-refractivity contribution >= 4 is 23.5 Å². The van der Waals surface area contributed by atoms with Crippen LogP contribution in [0, 0.1) is 22.5 Å². The van der Waals surface area contributed by atoms with Crippen molar-refractivity contribution in [2.75, 3.05) is 13.1 Å². The molecule has 0 aromatic heterocycles. The average Bonchev–Trinajstić information content (AvgIpc) is 2.86. The maximum Gasteiger partial charge on any atom is 0.418 e. The van der Waals surface area contributed by atoms with Crippen LogP contribution >= 0.6 is 0 Å². The molecule has 4 N–H and O–H groups in total. The topological polar surface area (TPSA) is 139 Å². The van der Waals surface area contributed by atoms with Gasteiger partial charge in [-0.05, 0) is 76.2 Å². The van der Waals surface area contributed by atoms with E-state index in [1.165, 1.54) is 52.0 Å². The van der Waals surface area contributed by atoms with E-state index in [2.05, 4.69) is 0 Å². The number of hydrogen-bond donors (Lipinski definition) is 2. The van der Waals surface area contributed by atoms with Gasteiger partial charge in [-0.2, -0.15) is 0 Å². The highest BCUT2D eigenvalue weighted by Crippen LogP contribution is 2.40. The normalized spacial score (nSPS) is 13.4. The Labute approximate surface area is 220 Å². The van der Waals surface area contributed by atoms with Gasteiger partial charge in [0.15, 0.2) is 0 Å². The van der Waals surface area contributed by atoms with Gasteiger partial charge < -0.3 is 20.9 Å². The van der Waals surface area contributed by atoms with Gasteiger partial charge >= 0.3 is 11.9 Å². The van der Waals surface area contributed by atoms with Crippen molar-refractivity contribution in [1.29, 1.82) is 0 Å². The summed E-state index contributed by atoms with van der Waals surface area (Å²) in [5, 5.41) is 0. The summed E-state index contributed by atoms with van der Waals surface area (Å²) in [6.07, 6.45) is -2.59. The van der Waals surface area contributed by atoms with Crippen molar-refractivity contribution in [3.63, 3.8) is 0 Å². The molecular formula is C28H34F2N2O6. The lowest BCUT2D eigenvalue weighted by Crippen LogP contribution is -2.39. The van der Waals surface area contributed by atoms with Crippen LogP contribution in [0.1, 0.15) is 63.9 Å². The molecule has 0 saturated heterocycles. The fourth-order valence-electron chi connectivity index (χ4n) is 4.05. The summed E-state index contributed by atoms with van der Waals surface area (Å²) in [7, 11) is 0. The number of esters is 2. The molecule has 0 fully saturated rings. The van der Waals surface area contributed by atoms with Crippen LogP contribution < -0.4 is 11.5 Å². The fraction of sp³-hybridized carbons (Fsp3) is 0.429. The van der Waals surface area contributed by atoms with E-state index in [-0.39, 0.29) is 48.6 Å². The molecule has 0 aliphatic heterocycles. The summed E-state index contributed by atoms with van der Waals surface area (Å²) < 4.78 is 38.1. The van der Waals surface area contributed by atoms with Crippen molar-refractivity contribution in [1.82, 2.24) is 0 Å². The maximum absolute atomic E-state index is 13.6. The molecule has 38 heavy (non-hydrogen) atoms. The zero-order chi connectivity index (χ0) is 28.7. The third kappa shape index (κ3) is 7.29. The molecule has 0 amide bonds. The van der Waals surface area contributed by atoms with E-state index in [1.807, 2.05) is 0 Å². The second kappa shape index (κ2) is 12.8. The summed E-state index contributed by atoms with van der Waals surface area (Å²) in [5.74, 6) is -4.63. The lowest BCUT2D eigenvalue weighted by atomic mass is 9.77. The molecule has 8 nitrogen and oxygen atoms in total. The average molecular weight is 533 g/mol. The van der Waals surface area contributed by atoms with Crippen molar-refractivity contribution in [2.45, 2.75) is 52.7 Å². The number of ketones is 2. The third-order valence-electron chi connectivity index (χ3n) is 6.45. The molecule has 2 aromatic rings. The molecule has 206 valence electrons. The second-order valence-corrected chi connectivity index (χ2v) is 10.0. The van der Waals surface area contributed by atoms with E-state index in [4.69, 9.17) is 20.9 Å². The molecule has 2 aromatic carbocycles. The molecule has 2 unspecified atom stereocenters. The number of carbonyl (C=O) groups excluding carboxylic acids is 4. The summed E-state index contributed by atoms with van der Waals surface area (Å²) in [4.78, 5) is 51.6. The van der Waals surface area contributed by atoms with Gasteiger partial charge in [0.1, 0.15) is 35.4 Å². The molecule has 0 bridgehead atoms. The zero-order valence-electron chi connectivity index (χ0n) is 22.0. The fourth-order valence-corrected chi connectivity index (χ4v) is 4.05. The van der Waals surface area contributed by atoms with Crippen LogP contribution in [0.15, 0.2) is 48.5 Å². The van der Waals surface area contributed by atoms with Gasteiger partial charge in [-0.3, -0.25) is 9.59 Å². The number of rotatable bonds is 12. The van der Waals surface area contributed by atoms with Crippen molar-refractivity contribution in [3.8, 4) is 0 Å². The van der Waals surface area contributed by atoms with E-state index in [0.717, 1.165) is 24.3 Å². The molecule has 2 atom stereocenters. The summed E-state index contributed by atoms with van der Waals surface area (Å²) in [6, 6.07) is 9.89. The number of hydrogen-bond acceptors (Lipinski definition) is 8. The van der Waals surface area contributed by atoms with Crippen molar-refractivity contribution in [3.05, 3.63) is 71.3 Å². The molecule has 0 saturated carbocycles. The lowest BCUT2D eigenvalue weighted by Gasteiger charge is -2.34. The second-order valence-electron chi connectivity index (χ2n) is 10.0. The van der Waals surface area contributed by atoms with Crippen LogP contribution in [0.2, 0.25) is 0 Å². The Bertz CT molecular complexity index is 1060. The Kier molecular flexibility index (Phi) is 10.4. The van der Waals surface area contributed by atoms with Crippen LogP contribution in [-0.4, -0.2) is 36.6 Å². The van der Waals surface area contributed by atoms with Crippen LogP contribution in [-0.2, 0) is 28.7 Å². The number of nitrogens with two attached hydrogens (primary N) is 2. The highest BCUT2D eigenvalue weighted by molar-refractivity contribution is 6.29. The molecule has 0 heterocycles. The molecular weight excluding hydrogens is 498 g/mol. The van der Waals surface area contributed by atoms with Gasteiger partial charge in [0, 0.05) is 12.8 Å². The molecule has 0 aliphatic carbocycles. The number of carbonyl (C=O) groups is 4. The molecule has 2 rings (SSSR count). The quantitative estimate of drug-likeness (QED) is 0.312. The Morgan fingerprint density at radius 3 is 1.21 bits per heavy atom. The van der Waals surface area contributed by atoms with E-state index in [0.29, 0.717) is 0 Å². The minimum absolute atomic E-state index is 0.0171. The number of benzene rings is 2. The van der Waals surface area contributed by atoms with Gasteiger partial charge in [-0.25, -0.2) is 18.4 Å². The first-order valence-electron chi connectivity index (χ1n) is 12.1. The standard InChI is InChI=1S/C28H34F2N2O6/c1-27(2,21(33)13-15-31)23(17-5-9-19(29)10-6-17)37-25(35)26(36)38-24(18-7-11-20(30)12-8-18)28(3,4)22(34)14-16-32/h5-12,23-24H,13-16,31-32H2,1-4H3. The minimum Gasteiger partial charge on any atom is -0.448 e. The minimum atomic E-state index is -1.43. The highest BCUT2D eigenvalue weighted by atomic mass is 19.1. The lowest BCUT2D eigenvalue weighted by molar-refractivity contribution is -0.183. The Morgan fingerprint density at radius 2 is 0.947 bits per heavy atom. The largest absolute Gasteiger partial charge is 0.448 e. The van der Waals surface area contributed by atoms with Gasteiger partial charge in [-0.15, -0.1) is 0 Å². The van der Waals surface area contributed by atoms with Gasteiger partial charge in [-0.1, -0.05) is 24.3 Å².